The molecule has 32 heavy (non-hydrogen) atoms. The van der Waals surface area contributed by atoms with Gasteiger partial charge in [0.05, 0.1) is 10.8 Å². The van der Waals surface area contributed by atoms with E-state index in [1.165, 1.54) is 11.3 Å². The molecule has 1 aliphatic heterocycles. The lowest BCUT2D eigenvalue weighted by molar-refractivity contribution is -0.148. The number of likely N-dealkylation sites (tertiary alicyclic amines) is 1. The number of carbonyl (C=O) groups is 3. The number of Topliss-reactive ketones (excluding diaryl/α,β-unsaturated/α-hetero) is 1. The van der Waals surface area contributed by atoms with Crippen LogP contribution in [0.25, 0.3) is 5.69 Å². The minimum Gasteiger partial charge on any atom is -0.457 e. The summed E-state index contributed by atoms with van der Waals surface area (Å²) in [6.07, 6.45) is 1.40. The quantitative estimate of drug-likeness (QED) is 0.411. The molecule has 0 bridgehead atoms. The Hall–Kier alpha value is -3.19. The van der Waals surface area contributed by atoms with Gasteiger partial charge in [0.1, 0.15) is 0 Å². The molecule has 0 N–H and O–H groups in total. The van der Waals surface area contributed by atoms with Crippen molar-refractivity contribution in [1.82, 2.24) is 9.47 Å². The summed E-state index contributed by atoms with van der Waals surface area (Å²) in [4.78, 5) is 40.4. The maximum absolute atomic E-state index is 12.8. The monoisotopic (exact) mass is 450 g/mol. The van der Waals surface area contributed by atoms with E-state index in [2.05, 4.69) is 0 Å². The summed E-state index contributed by atoms with van der Waals surface area (Å²) in [5, 5.41) is 1.86. The van der Waals surface area contributed by atoms with Crippen LogP contribution in [0.3, 0.4) is 0 Å². The van der Waals surface area contributed by atoms with E-state index in [9.17, 15) is 14.4 Å². The molecule has 1 saturated heterocycles. The highest BCUT2D eigenvalue weighted by Crippen LogP contribution is 2.23. The number of thiophene rings is 1. The van der Waals surface area contributed by atoms with Crippen LogP contribution >= 0.6 is 11.3 Å². The van der Waals surface area contributed by atoms with Gasteiger partial charge in [0.2, 0.25) is 5.78 Å². The second-order valence-corrected chi connectivity index (χ2v) is 9.00. The number of benzene rings is 1. The first-order valence-corrected chi connectivity index (χ1v) is 11.6. The molecule has 3 aromatic rings. The Bertz CT molecular complexity index is 1120. The van der Waals surface area contributed by atoms with Crippen LogP contribution in [0, 0.1) is 19.8 Å². The normalized spacial score (nSPS) is 16.1. The molecule has 1 atom stereocenters. The number of aryl methyl sites for hydroxylation is 1. The minimum atomic E-state index is -0.418. The first-order chi connectivity index (χ1) is 15.5. The van der Waals surface area contributed by atoms with E-state index in [1.807, 2.05) is 66.3 Å². The van der Waals surface area contributed by atoms with Crippen molar-refractivity contribution in [2.75, 3.05) is 19.7 Å². The number of hydrogen-bond donors (Lipinski definition) is 0. The van der Waals surface area contributed by atoms with Crippen molar-refractivity contribution in [3.63, 3.8) is 0 Å². The highest BCUT2D eigenvalue weighted by Gasteiger charge is 2.31. The predicted octanol–water partition coefficient (Wildman–Crippen LogP) is 4.43. The van der Waals surface area contributed by atoms with Crippen molar-refractivity contribution in [2.24, 2.45) is 5.92 Å². The third-order valence-corrected chi connectivity index (χ3v) is 6.72. The number of ether oxygens (including phenoxy) is 1. The van der Waals surface area contributed by atoms with Crippen LogP contribution < -0.4 is 0 Å². The Labute approximate surface area is 191 Å². The van der Waals surface area contributed by atoms with Crippen LogP contribution in [-0.2, 0) is 9.53 Å². The van der Waals surface area contributed by atoms with E-state index in [0.717, 1.165) is 23.5 Å². The van der Waals surface area contributed by atoms with Crippen molar-refractivity contribution in [3.8, 4) is 5.69 Å². The number of rotatable bonds is 6. The second-order valence-electron chi connectivity index (χ2n) is 8.05. The van der Waals surface area contributed by atoms with E-state index in [-0.39, 0.29) is 18.3 Å². The molecule has 0 unspecified atom stereocenters. The van der Waals surface area contributed by atoms with E-state index in [1.54, 1.807) is 11.0 Å². The zero-order chi connectivity index (χ0) is 22.7. The number of piperidine rings is 1. The lowest BCUT2D eigenvalue weighted by Gasteiger charge is -2.31. The van der Waals surface area contributed by atoms with E-state index >= 15 is 0 Å². The Morgan fingerprint density at radius 2 is 1.88 bits per heavy atom. The molecular weight excluding hydrogens is 424 g/mol. The maximum Gasteiger partial charge on any atom is 0.311 e. The average Bonchev–Trinajstić information content (AvgIpc) is 3.45. The van der Waals surface area contributed by atoms with Crippen molar-refractivity contribution in [2.45, 2.75) is 26.7 Å². The molecule has 3 heterocycles. The number of ketones is 1. The molecule has 0 saturated carbocycles. The summed E-state index contributed by atoms with van der Waals surface area (Å²) in [6, 6.07) is 15.3. The van der Waals surface area contributed by atoms with E-state index in [0.29, 0.717) is 30.0 Å². The van der Waals surface area contributed by atoms with Gasteiger partial charge in [0.15, 0.2) is 6.61 Å². The van der Waals surface area contributed by atoms with Gasteiger partial charge < -0.3 is 14.2 Å². The highest BCUT2D eigenvalue weighted by atomic mass is 32.1. The highest BCUT2D eigenvalue weighted by molar-refractivity contribution is 7.12. The van der Waals surface area contributed by atoms with Gasteiger partial charge in [-0.25, -0.2) is 0 Å². The molecule has 4 rings (SSSR count). The van der Waals surface area contributed by atoms with Crippen LogP contribution in [0.5, 0.6) is 0 Å². The molecule has 1 fully saturated rings. The fourth-order valence-corrected chi connectivity index (χ4v) is 4.95. The Kier molecular flexibility index (Phi) is 6.55. The zero-order valence-corrected chi connectivity index (χ0v) is 19.1. The van der Waals surface area contributed by atoms with Gasteiger partial charge in [-0.1, -0.05) is 24.3 Å². The van der Waals surface area contributed by atoms with Gasteiger partial charge in [0.25, 0.3) is 5.91 Å². The third-order valence-electron chi connectivity index (χ3n) is 5.87. The standard InChI is InChI=1S/C25H26N2O4S/c1-17-14-21(18(2)27(17)20-9-4-3-5-10-20)22(28)16-31-25(30)19-8-6-12-26(15-19)24(29)23-11-7-13-32-23/h3-5,7,9-11,13-14,19H,6,8,12,15-16H2,1-2H3/t19-/m0/s1. The van der Waals surface area contributed by atoms with Gasteiger partial charge in [-0.05, 0) is 56.3 Å². The summed E-state index contributed by atoms with van der Waals surface area (Å²) < 4.78 is 7.41. The first-order valence-electron chi connectivity index (χ1n) is 10.7. The number of hydrogen-bond acceptors (Lipinski definition) is 5. The fourth-order valence-electron chi connectivity index (χ4n) is 4.26. The van der Waals surface area contributed by atoms with Gasteiger partial charge in [-0.3, -0.25) is 14.4 Å². The smallest absolute Gasteiger partial charge is 0.311 e. The predicted molar refractivity (Wildman–Crippen MR) is 123 cm³/mol. The molecule has 0 spiro atoms. The van der Waals surface area contributed by atoms with E-state index < -0.39 is 11.9 Å². The molecule has 1 aliphatic rings. The number of nitrogens with zero attached hydrogens (tertiary/aromatic N) is 2. The summed E-state index contributed by atoms with van der Waals surface area (Å²) in [6.45, 7) is 4.50. The Morgan fingerprint density at radius 3 is 2.59 bits per heavy atom. The van der Waals surface area contributed by atoms with Gasteiger partial charge in [-0.15, -0.1) is 11.3 Å². The molecule has 1 aromatic carbocycles. The molecule has 1 amide bonds. The van der Waals surface area contributed by atoms with Crippen LogP contribution in [0.1, 0.15) is 44.3 Å². The van der Waals surface area contributed by atoms with Gasteiger partial charge in [0, 0.05) is 35.7 Å². The average molecular weight is 451 g/mol. The maximum atomic E-state index is 12.8. The number of esters is 1. The molecule has 0 radical (unpaired) electrons. The molecule has 166 valence electrons. The lowest BCUT2D eigenvalue weighted by atomic mass is 9.98. The summed E-state index contributed by atoms with van der Waals surface area (Å²) in [5.41, 5.74) is 3.30. The fraction of sp³-hybridized carbons (Fsp3) is 0.320. The van der Waals surface area contributed by atoms with Crippen molar-refractivity contribution >= 4 is 29.0 Å². The Morgan fingerprint density at radius 1 is 1.09 bits per heavy atom. The zero-order valence-electron chi connectivity index (χ0n) is 18.2. The van der Waals surface area contributed by atoms with Gasteiger partial charge in [-0.2, -0.15) is 0 Å². The SMILES string of the molecule is Cc1cc(C(=O)COC(=O)[C@H]2CCCN(C(=O)c3cccs3)C2)c(C)n1-c1ccccc1. The summed E-state index contributed by atoms with van der Waals surface area (Å²) >= 11 is 1.39. The number of amides is 1. The number of carbonyl (C=O) groups excluding carboxylic acids is 3. The molecule has 7 heteroatoms. The molecule has 2 aromatic heterocycles. The largest absolute Gasteiger partial charge is 0.457 e. The Balaban J connectivity index is 1.38. The van der Waals surface area contributed by atoms with Crippen molar-refractivity contribution in [1.29, 1.82) is 0 Å². The molecular formula is C25H26N2O4S. The topological polar surface area (TPSA) is 68.6 Å². The first kappa shape index (κ1) is 22.0. The molecule has 0 aliphatic carbocycles. The summed E-state index contributed by atoms with van der Waals surface area (Å²) in [5.74, 6) is -1.10. The summed E-state index contributed by atoms with van der Waals surface area (Å²) in [7, 11) is 0. The van der Waals surface area contributed by atoms with E-state index in [4.69, 9.17) is 4.74 Å². The second kappa shape index (κ2) is 9.53. The van der Waals surface area contributed by atoms with Crippen LogP contribution in [0.2, 0.25) is 0 Å². The third kappa shape index (κ3) is 4.53. The van der Waals surface area contributed by atoms with Gasteiger partial charge >= 0.3 is 5.97 Å². The van der Waals surface area contributed by atoms with Crippen LogP contribution in [0.4, 0.5) is 0 Å². The van der Waals surface area contributed by atoms with Crippen molar-refractivity contribution < 1.29 is 19.1 Å². The van der Waals surface area contributed by atoms with Crippen LogP contribution in [-0.4, -0.2) is 46.8 Å². The molecule has 6 nitrogen and oxygen atoms in total. The number of aromatic nitrogens is 1. The minimum absolute atomic E-state index is 0.0538. The lowest BCUT2D eigenvalue weighted by Crippen LogP contribution is -2.42. The van der Waals surface area contributed by atoms with Crippen LogP contribution in [0.15, 0.2) is 53.9 Å². The van der Waals surface area contributed by atoms with Crippen molar-refractivity contribution in [3.05, 3.63) is 75.7 Å². The number of para-hydroxylation sites is 1.